The first kappa shape index (κ1) is 26.6. The van der Waals surface area contributed by atoms with E-state index in [2.05, 4.69) is 9.82 Å². The van der Waals surface area contributed by atoms with Crippen molar-refractivity contribution in [1.29, 1.82) is 0 Å². The highest BCUT2D eigenvalue weighted by Crippen LogP contribution is 2.26. The minimum atomic E-state index is -4.01. The van der Waals surface area contributed by atoms with Crippen LogP contribution in [0.25, 0.3) is 21.5 Å². The lowest BCUT2D eigenvalue weighted by molar-refractivity contribution is -0.133. The van der Waals surface area contributed by atoms with E-state index in [1.165, 1.54) is 0 Å². The summed E-state index contributed by atoms with van der Waals surface area (Å²) < 4.78 is 30.0. The molecule has 0 saturated heterocycles. The zero-order valence-electron chi connectivity index (χ0n) is 21.9. The molecule has 0 aromatic heterocycles. The van der Waals surface area contributed by atoms with E-state index in [9.17, 15) is 13.2 Å². The average Bonchev–Trinajstić information content (AvgIpc) is 3.49. The van der Waals surface area contributed by atoms with Crippen LogP contribution in [-0.4, -0.2) is 44.2 Å². The van der Waals surface area contributed by atoms with Crippen LogP contribution in [-0.2, 0) is 21.2 Å². The second kappa shape index (κ2) is 11.0. The van der Waals surface area contributed by atoms with Gasteiger partial charge in [0, 0.05) is 18.7 Å². The number of hydrogen-bond donors (Lipinski definition) is 3. The maximum absolute atomic E-state index is 13.7. The van der Waals surface area contributed by atoms with Crippen molar-refractivity contribution in [1.82, 2.24) is 9.62 Å². The summed E-state index contributed by atoms with van der Waals surface area (Å²) >= 11 is 0. The van der Waals surface area contributed by atoms with Crippen LogP contribution in [0.5, 0.6) is 0 Å². The number of carbonyl (C=O) groups excluding carboxylic acids is 1. The van der Waals surface area contributed by atoms with Gasteiger partial charge in [0.2, 0.25) is 15.9 Å². The Morgan fingerprint density at radius 3 is 2.21 bits per heavy atom. The summed E-state index contributed by atoms with van der Waals surface area (Å²) in [6, 6.07) is 23.3. The Labute approximate surface area is 228 Å². The Morgan fingerprint density at radius 1 is 0.949 bits per heavy atom. The van der Waals surface area contributed by atoms with Gasteiger partial charge in [0.15, 0.2) is 0 Å². The van der Waals surface area contributed by atoms with Crippen LogP contribution in [0, 0.1) is 0 Å². The van der Waals surface area contributed by atoms with Crippen molar-refractivity contribution in [2.75, 3.05) is 7.05 Å². The maximum Gasteiger partial charge on any atom is 0.241 e. The fraction of sp³-hybridized carbons (Fsp3) is 0.267. The molecule has 0 bridgehead atoms. The highest BCUT2D eigenvalue weighted by atomic mass is 32.2. The van der Waals surface area contributed by atoms with Gasteiger partial charge in [-0.25, -0.2) is 8.42 Å². The standard InChI is InChI=1S/C30H33N5O3S/c1-35(26-8-4-5-9-26)30(36)28(16-20-10-12-21(13-11-20)29(31)33-32)34-39(37,38)27-15-14-24-17-22-6-2-3-7-23(22)18-25(24)19-27/h2-3,6-7,10-15,17-19,26,28,34H,4-5,8-9,16,32H2,1H3,(H2,31,33)/t28-/m0/s1. The zero-order chi connectivity index (χ0) is 27.6. The van der Waals surface area contributed by atoms with E-state index in [4.69, 9.17) is 11.6 Å². The highest BCUT2D eigenvalue weighted by Gasteiger charge is 2.32. The first-order chi connectivity index (χ1) is 18.7. The molecule has 1 aliphatic rings. The molecule has 9 heteroatoms. The number of likely N-dealkylation sites (N-methyl/N-ethyl adjacent to an activating group) is 1. The predicted octanol–water partition coefficient (Wildman–Crippen LogP) is 3.86. The third kappa shape index (κ3) is 5.74. The number of fused-ring (bicyclic) bond motifs is 2. The number of benzene rings is 4. The quantitative estimate of drug-likeness (QED) is 0.102. The van der Waals surface area contributed by atoms with Gasteiger partial charge < -0.3 is 16.5 Å². The van der Waals surface area contributed by atoms with Gasteiger partial charge in [0.05, 0.1) is 4.90 Å². The van der Waals surface area contributed by atoms with E-state index in [0.29, 0.717) is 5.56 Å². The minimum Gasteiger partial charge on any atom is -0.382 e. The molecular formula is C30H33N5O3S. The number of sulfonamides is 1. The van der Waals surface area contributed by atoms with Gasteiger partial charge in [-0.2, -0.15) is 9.82 Å². The molecule has 1 saturated carbocycles. The number of amidine groups is 1. The largest absolute Gasteiger partial charge is 0.382 e. The van der Waals surface area contributed by atoms with Crippen LogP contribution < -0.4 is 16.3 Å². The number of hydrazone groups is 1. The van der Waals surface area contributed by atoms with Crippen LogP contribution in [0.4, 0.5) is 0 Å². The number of carbonyl (C=O) groups is 1. The molecule has 0 aliphatic heterocycles. The van der Waals surface area contributed by atoms with Gasteiger partial charge in [-0.1, -0.05) is 67.4 Å². The van der Waals surface area contributed by atoms with E-state index >= 15 is 0 Å². The average molecular weight is 544 g/mol. The molecule has 0 heterocycles. The number of hydrogen-bond acceptors (Lipinski definition) is 5. The van der Waals surface area contributed by atoms with Crippen LogP contribution in [0.2, 0.25) is 0 Å². The van der Waals surface area contributed by atoms with Crippen LogP contribution in [0.1, 0.15) is 36.8 Å². The molecule has 8 nitrogen and oxygen atoms in total. The normalized spacial score (nSPS) is 15.6. The molecule has 0 unspecified atom stereocenters. The lowest BCUT2D eigenvalue weighted by atomic mass is 10.0. The molecular weight excluding hydrogens is 510 g/mol. The third-order valence-electron chi connectivity index (χ3n) is 7.63. The van der Waals surface area contributed by atoms with Crippen molar-refractivity contribution in [2.24, 2.45) is 16.7 Å². The maximum atomic E-state index is 13.7. The monoisotopic (exact) mass is 543 g/mol. The number of rotatable bonds is 8. The van der Waals surface area contributed by atoms with E-state index in [1.54, 1.807) is 54.4 Å². The Hall–Kier alpha value is -3.95. The third-order valence-corrected chi connectivity index (χ3v) is 9.10. The van der Waals surface area contributed by atoms with Crippen molar-refractivity contribution in [3.63, 3.8) is 0 Å². The number of nitrogens with one attached hydrogen (secondary N) is 1. The Morgan fingerprint density at radius 2 is 1.56 bits per heavy atom. The Kier molecular flexibility index (Phi) is 7.54. The van der Waals surface area contributed by atoms with Crippen molar-refractivity contribution in [3.8, 4) is 0 Å². The Bertz CT molecular complexity index is 1640. The van der Waals surface area contributed by atoms with Crippen LogP contribution in [0.3, 0.4) is 0 Å². The van der Waals surface area contributed by atoms with E-state index < -0.39 is 16.1 Å². The molecule has 5 rings (SSSR count). The number of amides is 1. The fourth-order valence-electron chi connectivity index (χ4n) is 5.36. The molecule has 1 amide bonds. The zero-order valence-corrected chi connectivity index (χ0v) is 22.7. The summed E-state index contributed by atoms with van der Waals surface area (Å²) in [4.78, 5) is 15.5. The van der Waals surface area contributed by atoms with Crippen LogP contribution >= 0.6 is 0 Å². The smallest absolute Gasteiger partial charge is 0.241 e. The number of nitrogens with zero attached hydrogens (tertiary/aromatic N) is 2. The topological polar surface area (TPSA) is 131 Å². The first-order valence-electron chi connectivity index (χ1n) is 13.1. The molecule has 0 radical (unpaired) electrons. The van der Waals surface area contributed by atoms with Gasteiger partial charge in [-0.3, -0.25) is 4.79 Å². The minimum absolute atomic E-state index is 0.112. The van der Waals surface area contributed by atoms with Gasteiger partial charge in [-0.05, 0) is 70.6 Å². The molecule has 39 heavy (non-hydrogen) atoms. The Balaban J connectivity index is 1.45. The van der Waals surface area contributed by atoms with Crippen molar-refractivity contribution in [2.45, 2.75) is 49.1 Å². The van der Waals surface area contributed by atoms with Crippen molar-refractivity contribution >= 4 is 43.3 Å². The SMILES string of the molecule is CN(C(=O)[C@H](Cc1ccc(/C(N)=N/N)cc1)NS(=O)(=O)c1ccc2cc3ccccc3cc2c1)C1CCCC1. The summed E-state index contributed by atoms with van der Waals surface area (Å²) in [5.74, 6) is 5.23. The molecule has 4 aromatic rings. The second-order valence-electron chi connectivity index (χ2n) is 10.2. The fourth-order valence-corrected chi connectivity index (χ4v) is 6.58. The second-order valence-corrected chi connectivity index (χ2v) is 11.9. The molecule has 202 valence electrons. The summed E-state index contributed by atoms with van der Waals surface area (Å²) in [5, 5.41) is 7.39. The molecule has 1 fully saturated rings. The van der Waals surface area contributed by atoms with E-state index in [1.807, 2.05) is 36.4 Å². The van der Waals surface area contributed by atoms with Gasteiger partial charge in [0.25, 0.3) is 0 Å². The lowest BCUT2D eigenvalue weighted by Gasteiger charge is -2.29. The molecule has 0 spiro atoms. The lowest BCUT2D eigenvalue weighted by Crippen LogP contribution is -2.50. The highest BCUT2D eigenvalue weighted by molar-refractivity contribution is 7.89. The molecule has 5 N–H and O–H groups in total. The summed E-state index contributed by atoms with van der Waals surface area (Å²) in [6.07, 6.45) is 4.17. The molecule has 1 atom stereocenters. The van der Waals surface area contributed by atoms with Crippen molar-refractivity contribution in [3.05, 3.63) is 90.0 Å². The van der Waals surface area contributed by atoms with Gasteiger partial charge in [0.1, 0.15) is 11.9 Å². The summed E-state index contributed by atoms with van der Waals surface area (Å²) in [5.41, 5.74) is 7.23. The van der Waals surface area contributed by atoms with E-state index in [0.717, 1.165) is 52.8 Å². The molecule has 4 aromatic carbocycles. The van der Waals surface area contributed by atoms with Crippen LogP contribution in [0.15, 0.2) is 88.9 Å². The molecule has 1 aliphatic carbocycles. The number of nitrogens with two attached hydrogens (primary N) is 2. The predicted molar refractivity (Wildman–Crippen MR) is 156 cm³/mol. The van der Waals surface area contributed by atoms with Gasteiger partial charge in [-0.15, -0.1) is 0 Å². The van der Waals surface area contributed by atoms with Crippen molar-refractivity contribution < 1.29 is 13.2 Å². The van der Waals surface area contributed by atoms with E-state index in [-0.39, 0.29) is 29.1 Å². The summed E-state index contributed by atoms with van der Waals surface area (Å²) in [7, 11) is -2.24. The summed E-state index contributed by atoms with van der Waals surface area (Å²) in [6.45, 7) is 0. The first-order valence-corrected chi connectivity index (χ1v) is 14.6. The van der Waals surface area contributed by atoms with Gasteiger partial charge >= 0.3 is 0 Å².